The number of carboxylic acid groups (broad SMARTS) is 1. The molecule has 0 radical (unpaired) electrons. The van der Waals surface area contributed by atoms with Gasteiger partial charge in [0, 0.05) is 29.1 Å². The third-order valence-electron chi connectivity index (χ3n) is 5.08. The summed E-state index contributed by atoms with van der Waals surface area (Å²) >= 11 is 1.41. The van der Waals surface area contributed by atoms with E-state index in [1.807, 2.05) is 43.3 Å². The fraction of sp³-hybridized carbons (Fsp3) is 0.261. The number of rotatable bonds is 7. The molecule has 0 saturated heterocycles. The van der Waals surface area contributed by atoms with Crippen LogP contribution in [0.25, 0.3) is 0 Å². The van der Waals surface area contributed by atoms with Gasteiger partial charge in [-0.25, -0.2) is 4.98 Å². The topological polar surface area (TPSA) is 101 Å². The van der Waals surface area contributed by atoms with Gasteiger partial charge in [-0.3, -0.25) is 20.2 Å². The lowest BCUT2D eigenvalue weighted by Crippen LogP contribution is -2.41. The normalized spacial score (nSPS) is 17.6. The van der Waals surface area contributed by atoms with Crippen LogP contribution in [0.4, 0.5) is 5.13 Å². The molecule has 0 saturated carbocycles. The average molecular weight is 438 g/mol. The molecule has 8 heteroatoms. The molecule has 0 spiro atoms. The fourth-order valence-corrected chi connectivity index (χ4v) is 4.38. The molecule has 4 rings (SSSR count). The molecule has 1 aliphatic rings. The number of aliphatic carboxylic acids is 1. The third kappa shape index (κ3) is 5.10. The maximum atomic E-state index is 12.2. The van der Waals surface area contributed by atoms with Crippen molar-refractivity contribution in [3.63, 3.8) is 0 Å². The summed E-state index contributed by atoms with van der Waals surface area (Å²) in [5.74, 6) is -0.439. The van der Waals surface area contributed by atoms with Crippen molar-refractivity contribution >= 4 is 28.3 Å². The molecule has 3 N–H and O–H groups in total. The van der Waals surface area contributed by atoms with Gasteiger partial charge in [-0.05, 0) is 48.7 Å². The number of benzene rings is 2. The van der Waals surface area contributed by atoms with Crippen LogP contribution < -0.4 is 15.4 Å². The van der Waals surface area contributed by atoms with Gasteiger partial charge in [0.2, 0.25) is 0 Å². The minimum absolute atomic E-state index is 0.114. The first-order chi connectivity index (χ1) is 15.0. The quantitative estimate of drug-likeness (QED) is 0.521. The summed E-state index contributed by atoms with van der Waals surface area (Å²) in [4.78, 5) is 29.1. The Morgan fingerprint density at radius 2 is 2.06 bits per heavy atom. The van der Waals surface area contributed by atoms with Crippen molar-refractivity contribution in [1.29, 1.82) is 0 Å². The van der Waals surface area contributed by atoms with E-state index in [1.165, 1.54) is 11.3 Å². The summed E-state index contributed by atoms with van der Waals surface area (Å²) in [6.07, 6.45) is 3.15. The number of nitrogens with zero attached hydrogens (tertiary/aromatic N) is 1. The monoisotopic (exact) mass is 437 g/mol. The molecule has 0 bridgehead atoms. The number of hydrogen-bond donors (Lipinski definition) is 3. The van der Waals surface area contributed by atoms with E-state index in [4.69, 9.17) is 4.74 Å². The number of carbonyl (C=O) groups is 2. The van der Waals surface area contributed by atoms with Crippen molar-refractivity contribution in [3.05, 3.63) is 76.3 Å². The zero-order chi connectivity index (χ0) is 21.8. The molecular weight excluding hydrogens is 414 g/mol. The molecular formula is C23H23N3O4S. The van der Waals surface area contributed by atoms with Crippen LogP contribution >= 0.6 is 11.3 Å². The molecule has 2 heterocycles. The highest BCUT2D eigenvalue weighted by Crippen LogP contribution is 2.29. The van der Waals surface area contributed by atoms with E-state index in [0.29, 0.717) is 29.5 Å². The van der Waals surface area contributed by atoms with Gasteiger partial charge >= 0.3 is 5.97 Å². The van der Waals surface area contributed by atoms with Crippen LogP contribution in [-0.4, -0.2) is 34.6 Å². The van der Waals surface area contributed by atoms with Crippen LogP contribution in [0.1, 0.15) is 39.3 Å². The standard InChI is InChI=1S/C23H23N3O4S/c1-14-11-16-7-8-17(12-19(16)20(25-14)22(28)29)30-10-9-18-13-24-23(31-18)26-21(27)15-5-3-2-4-6-15/h2-8,12-14,20,25H,9-11H2,1H3,(H,28,29)(H,24,26,27)/t14-,20?/m0/s1. The molecule has 31 heavy (non-hydrogen) atoms. The number of thiazole rings is 1. The van der Waals surface area contributed by atoms with Gasteiger partial charge < -0.3 is 9.84 Å². The maximum Gasteiger partial charge on any atom is 0.325 e. The van der Waals surface area contributed by atoms with Crippen molar-refractivity contribution in [3.8, 4) is 5.75 Å². The van der Waals surface area contributed by atoms with Crippen LogP contribution in [-0.2, 0) is 17.6 Å². The highest BCUT2D eigenvalue weighted by Gasteiger charge is 2.29. The van der Waals surface area contributed by atoms with Gasteiger partial charge in [-0.2, -0.15) is 0 Å². The summed E-state index contributed by atoms with van der Waals surface area (Å²) in [7, 11) is 0. The second kappa shape index (κ2) is 9.28. The molecule has 160 valence electrons. The van der Waals surface area contributed by atoms with Crippen molar-refractivity contribution in [2.24, 2.45) is 0 Å². The lowest BCUT2D eigenvalue weighted by Gasteiger charge is -2.29. The lowest BCUT2D eigenvalue weighted by molar-refractivity contribution is -0.140. The zero-order valence-corrected chi connectivity index (χ0v) is 17.8. The third-order valence-corrected chi connectivity index (χ3v) is 6.05. The Morgan fingerprint density at radius 3 is 2.84 bits per heavy atom. The van der Waals surface area contributed by atoms with Crippen LogP contribution in [0.15, 0.2) is 54.7 Å². The van der Waals surface area contributed by atoms with E-state index in [9.17, 15) is 14.7 Å². The van der Waals surface area contributed by atoms with Crippen molar-refractivity contribution in [1.82, 2.24) is 10.3 Å². The van der Waals surface area contributed by atoms with E-state index in [1.54, 1.807) is 18.3 Å². The molecule has 3 aromatic rings. The maximum absolute atomic E-state index is 12.2. The summed E-state index contributed by atoms with van der Waals surface area (Å²) in [5, 5.41) is 16.0. The van der Waals surface area contributed by atoms with Crippen molar-refractivity contribution in [2.45, 2.75) is 31.8 Å². The summed E-state index contributed by atoms with van der Waals surface area (Å²) in [6, 6.07) is 14.0. The largest absolute Gasteiger partial charge is 0.493 e. The van der Waals surface area contributed by atoms with Crippen LogP contribution in [0.5, 0.6) is 5.75 Å². The van der Waals surface area contributed by atoms with E-state index >= 15 is 0 Å². The first kappa shape index (κ1) is 21.0. The number of fused-ring (bicyclic) bond motifs is 1. The molecule has 1 amide bonds. The zero-order valence-electron chi connectivity index (χ0n) is 17.0. The van der Waals surface area contributed by atoms with Crippen LogP contribution in [0.2, 0.25) is 0 Å². The van der Waals surface area contributed by atoms with E-state index < -0.39 is 12.0 Å². The Labute approximate surface area is 184 Å². The first-order valence-corrected chi connectivity index (χ1v) is 10.9. The first-order valence-electron chi connectivity index (χ1n) is 10.0. The van der Waals surface area contributed by atoms with Gasteiger partial charge in [0.25, 0.3) is 5.91 Å². The summed E-state index contributed by atoms with van der Waals surface area (Å²) < 4.78 is 5.86. The Morgan fingerprint density at radius 1 is 1.26 bits per heavy atom. The van der Waals surface area contributed by atoms with Gasteiger partial charge in [-0.1, -0.05) is 24.3 Å². The van der Waals surface area contributed by atoms with Gasteiger partial charge in [0.1, 0.15) is 11.8 Å². The van der Waals surface area contributed by atoms with E-state index in [0.717, 1.165) is 22.4 Å². The van der Waals surface area contributed by atoms with E-state index in [-0.39, 0.29) is 11.9 Å². The molecule has 1 aromatic heterocycles. The van der Waals surface area contributed by atoms with Crippen LogP contribution in [0.3, 0.4) is 0 Å². The number of amides is 1. The Kier molecular flexibility index (Phi) is 6.29. The summed E-state index contributed by atoms with van der Waals surface area (Å²) in [6.45, 7) is 2.41. The van der Waals surface area contributed by atoms with Gasteiger partial charge in [0.05, 0.1) is 6.61 Å². The summed E-state index contributed by atoms with van der Waals surface area (Å²) in [5.41, 5.74) is 2.37. The minimum atomic E-state index is -0.889. The number of aromatic nitrogens is 1. The number of anilines is 1. The Bertz CT molecular complexity index is 1080. The number of nitrogens with one attached hydrogen (secondary N) is 2. The predicted molar refractivity (Wildman–Crippen MR) is 119 cm³/mol. The van der Waals surface area contributed by atoms with Gasteiger partial charge in [0.15, 0.2) is 5.13 Å². The van der Waals surface area contributed by atoms with Crippen LogP contribution in [0, 0.1) is 0 Å². The second-order valence-corrected chi connectivity index (χ2v) is 8.57. The highest BCUT2D eigenvalue weighted by molar-refractivity contribution is 7.15. The van der Waals surface area contributed by atoms with E-state index in [2.05, 4.69) is 15.6 Å². The minimum Gasteiger partial charge on any atom is -0.493 e. The molecule has 0 aliphatic carbocycles. The average Bonchev–Trinajstić information content (AvgIpc) is 3.21. The molecule has 7 nitrogen and oxygen atoms in total. The molecule has 0 fully saturated rings. The predicted octanol–water partition coefficient (Wildman–Crippen LogP) is 3.68. The van der Waals surface area contributed by atoms with Crippen molar-refractivity contribution < 1.29 is 19.4 Å². The number of carbonyl (C=O) groups excluding carboxylic acids is 1. The number of hydrogen-bond acceptors (Lipinski definition) is 6. The molecule has 2 aromatic carbocycles. The Balaban J connectivity index is 1.34. The van der Waals surface area contributed by atoms with Crippen molar-refractivity contribution in [2.75, 3.05) is 11.9 Å². The molecule has 1 unspecified atom stereocenters. The fourth-order valence-electron chi connectivity index (χ4n) is 3.59. The highest BCUT2D eigenvalue weighted by atomic mass is 32.1. The SMILES string of the molecule is C[C@H]1Cc2ccc(OCCc3cnc(NC(=O)c4ccccc4)s3)cc2C(C(=O)O)N1. The molecule has 1 aliphatic heterocycles. The lowest BCUT2D eigenvalue weighted by atomic mass is 9.90. The van der Waals surface area contributed by atoms with Gasteiger partial charge in [-0.15, -0.1) is 11.3 Å². The number of carboxylic acids is 1. The Hall–Kier alpha value is -3.23. The smallest absolute Gasteiger partial charge is 0.325 e. The second-order valence-electron chi connectivity index (χ2n) is 7.45. The molecule has 2 atom stereocenters. The number of ether oxygens (including phenoxy) is 1.